The van der Waals surface area contributed by atoms with E-state index in [1.165, 1.54) is 0 Å². The summed E-state index contributed by atoms with van der Waals surface area (Å²) in [6.07, 6.45) is 3.01. The molecule has 1 fully saturated rings. The molecule has 1 heterocycles. The number of ketones is 1. The van der Waals surface area contributed by atoms with Crippen LogP contribution in [-0.2, 0) is 9.53 Å². The molecule has 0 aliphatic carbocycles. The number of rotatable bonds is 2. The first-order valence-corrected chi connectivity index (χ1v) is 4.29. The molecule has 0 aromatic heterocycles. The van der Waals surface area contributed by atoms with Gasteiger partial charge >= 0.3 is 0 Å². The fourth-order valence-corrected chi connectivity index (χ4v) is 1.53. The summed E-state index contributed by atoms with van der Waals surface area (Å²) in [5, 5.41) is 0. The highest BCUT2D eigenvalue weighted by Gasteiger charge is 2.20. The molecule has 1 rings (SSSR count). The Labute approximate surface area is 67.9 Å². The SMILES string of the molecule is CC(=O)C[C@@H]1C[C@H](C)CCO1. The van der Waals surface area contributed by atoms with Crippen LogP contribution >= 0.6 is 0 Å². The number of hydrogen-bond acceptors (Lipinski definition) is 2. The van der Waals surface area contributed by atoms with Crippen LogP contribution in [0.2, 0.25) is 0 Å². The molecule has 0 bridgehead atoms. The van der Waals surface area contributed by atoms with E-state index in [4.69, 9.17) is 4.74 Å². The van der Waals surface area contributed by atoms with Crippen LogP contribution < -0.4 is 0 Å². The molecule has 0 N–H and O–H groups in total. The van der Waals surface area contributed by atoms with Gasteiger partial charge in [-0.25, -0.2) is 0 Å². The average Bonchev–Trinajstić information content (AvgIpc) is 1.85. The van der Waals surface area contributed by atoms with Crippen molar-refractivity contribution in [1.29, 1.82) is 0 Å². The summed E-state index contributed by atoms with van der Waals surface area (Å²) in [7, 11) is 0. The molecule has 0 saturated carbocycles. The lowest BCUT2D eigenvalue weighted by molar-refractivity contribution is -0.121. The van der Waals surface area contributed by atoms with Gasteiger partial charge < -0.3 is 4.74 Å². The van der Waals surface area contributed by atoms with Gasteiger partial charge in [-0.1, -0.05) is 6.92 Å². The van der Waals surface area contributed by atoms with Crippen molar-refractivity contribution in [2.45, 2.75) is 39.2 Å². The number of Topliss-reactive ketones (excluding diaryl/α,β-unsaturated/α-hetero) is 1. The van der Waals surface area contributed by atoms with Gasteiger partial charge in [0.25, 0.3) is 0 Å². The van der Waals surface area contributed by atoms with Gasteiger partial charge in [-0.05, 0) is 25.7 Å². The summed E-state index contributed by atoms with van der Waals surface area (Å²) in [4.78, 5) is 10.7. The average molecular weight is 156 g/mol. The third-order valence-electron chi connectivity index (χ3n) is 2.14. The van der Waals surface area contributed by atoms with Crippen molar-refractivity contribution in [3.8, 4) is 0 Å². The van der Waals surface area contributed by atoms with Crippen molar-refractivity contribution in [2.75, 3.05) is 6.61 Å². The Hall–Kier alpha value is -0.370. The summed E-state index contributed by atoms with van der Waals surface area (Å²) >= 11 is 0. The standard InChI is InChI=1S/C9H16O2/c1-7-3-4-11-9(5-7)6-8(2)10/h7,9H,3-6H2,1-2H3/t7-,9+/m1/s1. The molecule has 1 aliphatic rings. The minimum absolute atomic E-state index is 0.205. The van der Waals surface area contributed by atoms with Crippen LogP contribution in [0.25, 0.3) is 0 Å². The second kappa shape index (κ2) is 3.86. The molecule has 0 aromatic rings. The first kappa shape index (κ1) is 8.72. The summed E-state index contributed by atoms with van der Waals surface area (Å²) < 4.78 is 5.44. The molecule has 2 atom stereocenters. The van der Waals surface area contributed by atoms with Gasteiger partial charge in [0.15, 0.2) is 0 Å². The Balaban J connectivity index is 2.28. The van der Waals surface area contributed by atoms with Crippen LogP contribution in [0.4, 0.5) is 0 Å². The Morgan fingerprint density at radius 1 is 1.64 bits per heavy atom. The van der Waals surface area contributed by atoms with Crippen molar-refractivity contribution < 1.29 is 9.53 Å². The lowest BCUT2D eigenvalue weighted by Crippen LogP contribution is -2.25. The van der Waals surface area contributed by atoms with Crippen LogP contribution in [-0.4, -0.2) is 18.5 Å². The predicted molar refractivity (Wildman–Crippen MR) is 43.4 cm³/mol. The van der Waals surface area contributed by atoms with E-state index in [2.05, 4.69) is 6.92 Å². The Kier molecular flexibility index (Phi) is 3.06. The molecule has 1 aliphatic heterocycles. The second-order valence-corrected chi connectivity index (χ2v) is 3.53. The van der Waals surface area contributed by atoms with Crippen LogP contribution in [0, 0.1) is 5.92 Å². The molecule has 0 aromatic carbocycles. The van der Waals surface area contributed by atoms with Crippen LogP contribution in [0.1, 0.15) is 33.1 Å². The quantitative estimate of drug-likeness (QED) is 0.609. The number of carbonyl (C=O) groups is 1. The smallest absolute Gasteiger partial charge is 0.132 e. The normalized spacial score (nSPS) is 31.8. The first-order chi connectivity index (χ1) is 5.18. The zero-order valence-electron chi connectivity index (χ0n) is 7.30. The first-order valence-electron chi connectivity index (χ1n) is 4.29. The molecule has 64 valence electrons. The van der Waals surface area contributed by atoms with E-state index in [9.17, 15) is 4.79 Å². The second-order valence-electron chi connectivity index (χ2n) is 3.53. The van der Waals surface area contributed by atoms with Crippen LogP contribution in [0.3, 0.4) is 0 Å². The monoisotopic (exact) mass is 156 g/mol. The Bertz CT molecular complexity index is 142. The molecule has 0 radical (unpaired) electrons. The Morgan fingerprint density at radius 2 is 2.36 bits per heavy atom. The van der Waals surface area contributed by atoms with E-state index in [1.54, 1.807) is 6.92 Å². The molecule has 11 heavy (non-hydrogen) atoms. The van der Waals surface area contributed by atoms with Gasteiger partial charge in [0.2, 0.25) is 0 Å². The lowest BCUT2D eigenvalue weighted by atomic mass is 9.95. The highest BCUT2D eigenvalue weighted by atomic mass is 16.5. The summed E-state index contributed by atoms with van der Waals surface area (Å²) in [5.74, 6) is 0.970. The van der Waals surface area contributed by atoms with Gasteiger partial charge in [-0.15, -0.1) is 0 Å². The largest absolute Gasteiger partial charge is 0.378 e. The van der Waals surface area contributed by atoms with Gasteiger partial charge in [0.1, 0.15) is 5.78 Å². The molecular weight excluding hydrogens is 140 g/mol. The van der Waals surface area contributed by atoms with E-state index >= 15 is 0 Å². The van der Waals surface area contributed by atoms with Crippen molar-refractivity contribution in [1.82, 2.24) is 0 Å². The van der Waals surface area contributed by atoms with Crippen molar-refractivity contribution in [3.63, 3.8) is 0 Å². The van der Waals surface area contributed by atoms with Gasteiger partial charge in [0, 0.05) is 13.0 Å². The van der Waals surface area contributed by atoms with Crippen molar-refractivity contribution >= 4 is 5.78 Å². The van der Waals surface area contributed by atoms with E-state index in [-0.39, 0.29) is 11.9 Å². The molecule has 2 heteroatoms. The van der Waals surface area contributed by atoms with Gasteiger partial charge in [-0.3, -0.25) is 4.79 Å². The lowest BCUT2D eigenvalue weighted by Gasteiger charge is -2.26. The molecule has 0 spiro atoms. The third-order valence-corrected chi connectivity index (χ3v) is 2.14. The highest BCUT2D eigenvalue weighted by Crippen LogP contribution is 2.21. The Morgan fingerprint density at radius 3 is 2.91 bits per heavy atom. The zero-order valence-corrected chi connectivity index (χ0v) is 7.30. The van der Waals surface area contributed by atoms with E-state index in [1.807, 2.05) is 0 Å². The predicted octanol–water partition coefficient (Wildman–Crippen LogP) is 1.78. The van der Waals surface area contributed by atoms with E-state index in [0.29, 0.717) is 6.42 Å². The topological polar surface area (TPSA) is 26.3 Å². The summed E-state index contributed by atoms with van der Waals surface area (Å²) in [6, 6.07) is 0. The minimum atomic E-state index is 0.205. The van der Waals surface area contributed by atoms with Crippen molar-refractivity contribution in [2.24, 2.45) is 5.92 Å². The summed E-state index contributed by atoms with van der Waals surface area (Å²) in [6.45, 7) is 4.68. The minimum Gasteiger partial charge on any atom is -0.378 e. The highest BCUT2D eigenvalue weighted by molar-refractivity contribution is 5.75. The number of carbonyl (C=O) groups excluding carboxylic acids is 1. The maximum absolute atomic E-state index is 10.7. The fraction of sp³-hybridized carbons (Fsp3) is 0.889. The number of hydrogen-bond donors (Lipinski definition) is 0. The molecule has 0 amide bonds. The fourth-order valence-electron chi connectivity index (χ4n) is 1.53. The molecule has 0 unspecified atom stereocenters. The molecule has 2 nitrogen and oxygen atoms in total. The van der Waals surface area contributed by atoms with Crippen LogP contribution in [0.15, 0.2) is 0 Å². The zero-order chi connectivity index (χ0) is 8.27. The molecule has 1 saturated heterocycles. The van der Waals surface area contributed by atoms with Gasteiger partial charge in [0.05, 0.1) is 6.10 Å². The van der Waals surface area contributed by atoms with Crippen LogP contribution in [0.5, 0.6) is 0 Å². The van der Waals surface area contributed by atoms with Gasteiger partial charge in [-0.2, -0.15) is 0 Å². The molecular formula is C9H16O2. The van der Waals surface area contributed by atoms with E-state index < -0.39 is 0 Å². The maximum atomic E-state index is 10.7. The maximum Gasteiger partial charge on any atom is 0.132 e. The number of ether oxygens (including phenoxy) is 1. The van der Waals surface area contributed by atoms with E-state index in [0.717, 1.165) is 25.4 Å². The van der Waals surface area contributed by atoms with Crippen molar-refractivity contribution in [3.05, 3.63) is 0 Å². The third kappa shape index (κ3) is 3.02. The summed E-state index contributed by atoms with van der Waals surface area (Å²) in [5.41, 5.74) is 0.